The Kier molecular flexibility index (Phi) is 2.85. The van der Waals surface area contributed by atoms with E-state index < -0.39 is 0 Å². The molecule has 2 fully saturated rings. The smallest absolute Gasteiger partial charge is 0.148 e. The van der Waals surface area contributed by atoms with E-state index >= 15 is 0 Å². The van der Waals surface area contributed by atoms with Crippen molar-refractivity contribution in [3.05, 3.63) is 12.3 Å². The Bertz CT molecular complexity index is 367. The first-order valence-corrected chi connectivity index (χ1v) is 7.02. The van der Waals surface area contributed by atoms with Gasteiger partial charge in [0.15, 0.2) is 0 Å². The van der Waals surface area contributed by atoms with Crippen LogP contribution in [0.25, 0.3) is 0 Å². The van der Waals surface area contributed by atoms with Crippen LogP contribution in [-0.4, -0.2) is 15.8 Å². The van der Waals surface area contributed by atoms with Gasteiger partial charge in [0.2, 0.25) is 0 Å². The minimum atomic E-state index is 0.649. The molecular weight excluding hydrogens is 210 g/mol. The van der Waals surface area contributed by atoms with Crippen molar-refractivity contribution in [2.45, 2.75) is 57.4 Å². The lowest BCUT2D eigenvalue weighted by Crippen LogP contribution is -2.31. The molecule has 0 aromatic carbocycles. The highest BCUT2D eigenvalue weighted by Gasteiger charge is 2.37. The van der Waals surface area contributed by atoms with Crippen LogP contribution in [0.3, 0.4) is 0 Å². The van der Waals surface area contributed by atoms with Crippen LogP contribution in [0.1, 0.15) is 51.4 Å². The Hall–Kier alpha value is -0.990. The summed E-state index contributed by atoms with van der Waals surface area (Å²) in [5, 5.41) is 7.98. The van der Waals surface area contributed by atoms with Crippen molar-refractivity contribution in [1.29, 1.82) is 0 Å². The van der Waals surface area contributed by atoms with Gasteiger partial charge in [0, 0.05) is 25.4 Å². The van der Waals surface area contributed by atoms with Gasteiger partial charge >= 0.3 is 0 Å². The molecule has 2 saturated carbocycles. The van der Waals surface area contributed by atoms with E-state index in [1.165, 1.54) is 51.4 Å². The molecule has 0 saturated heterocycles. The average molecular weight is 233 g/mol. The van der Waals surface area contributed by atoms with Crippen molar-refractivity contribution in [3.8, 4) is 0 Å². The van der Waals surface area contributed by atoms with Crippen LogP contribution in [0.15, 0.2) is 12.3 Å². The summed E-state index contributed by atoms with van der Waals surface area (Å²) in [6.45, 7) is 0. The number of nitrogens with one attached hydrogen (secondary N) is 1. The summed E-state index contributed by atoms with van der Waals surface area (Å²) >= 11 is 0. The third kappa shape index (κ3) is 2.33. The van der Waals surface area contributed by atoms with E-state index in [1.54, 1.807) is 0 Å². The lowest BCUT2D eigenvalue weighted by Gasteiger charge is -2.37. The summed E-state index contributed by atoms with van der Waals surface area (Å²) in [6, 6.07) is 2.72. The van der Waals surface area contributed by atoms with Gasteiger partial charge in [-0.3, -0.25) is 4.68 Å². The number of anilines is 1. The van der Waals surface area contributed by atoms with Crippen LogP contribution in [0.4, 0.5) is 5.82 Å². The fourth-order valence-corrected chi connectivity index (χ4v) is 3.70. The molecule has 1 spiro atoms. The molecule has 1 aromatic heterocycles. The second-order valence-electron chi connectivity index (χ2n) is 6.00. The van der Waals surface area contributed by atoms with Crippen molar-refractivity contribution >= 4 is 5.82 Å². The summed E-state index contributed by atoms with van der Waals surface area (Å²) in [5.74, 6) is 1.04. The van der Waals surface area contributed by atoms with E-state index in [0.29, 0.717) is 6.04 Å². The predicted octanol–water partition coefficient (Wildman–Crippen LogP) is 3.34. The van der Waals surface area contributed by atoms with Crippen LogP contribution in [0, 0.1) is 5.41 Å². The molecule has 2 aliphatic carbocycles. The zero-order chi connectivity index (χ0) is 11.7. The van der Waals surface area contributed by atoms with Crippen LogP contribution < -0.4 is 5.32 Å². The second kappa shape index (κ2) is 4.35. The van der Waals surface area contributed by atoms with E-state index in [4.69, 9.17) is 0 Å². The molecule has 0 unspecified atom stereocenters. The van der Waals surface area contributed by atoms with Crippen LogP contribution in [-0.2, 0) is 7.05 Å². The van der Waals surface area contributed by atoms with Crippen molar-refractivity contribution in [2.24, 2.45) is 12.5 Å². The largest absolute Gasteiger partial charge is 0.366 e. The fraction of sp³-hybridized carbons (Fsp3) is 0.786. The topological polar surface area (TPSA) is 29.9 Å². The van der Waals surface area contributed by atoms with Gasteiger partial charge in [-0.05, 0) is 43.9 Å². The Labute approximate surface area is 104 Å². The minimum absolute atomic E-state index is 0.649. The Morgan fingerprint density at radius 3 is 2.53 bits per heavy atom. The Morgan fingerprint density at radius 2 is 1.94 bits per heavy atom. The maximum Gasteiger partial charge on any atom is 0.148 e. The standard InChI is InChI=1S/C14H23N3/c1-17-11-6-13(16-17)15-12-4-9-14(10-5-12)7-2-3-8-14/h6,11-12H,2-5,7-10H2,1H3,(H,15,16). The van der Waals surface area contributed by atoms with Gasteiger partial charge in [-0.25, -0.2) is 0 Å². The number of rotatable bonds is 2. The molecule has 0 radical (unpaired) electrons. The molecule has 17 heavy (non-hydrogen) atoms. The maximum atomic E-state index is 4.40. The number of aromatic nitrogens is 2. The molecule has 2 aliphatic rings. The summed E-state index contributed by atoms with van der Waals surface area (Å²) in [5.41, 5.74) is 0.738. The lowest BCUT2D eigenvalue weighted by atomic mass is 9.71. The maximum absolute atomic E-state index is 4.40. The van der Waals surface area contributed by atoms with E-state index in [0.717, 1.165) is 11.2 Å². The number of hydrogen-bond donors (Lipinski definition) is 1. The van der Waals surface area contributed by atoms with Gasteiger partial charge in [0.1, 0.15) is 5.82 Å². The molecule has 0 bridgehead atoms. The molecule has 0 aliphatic heterocycles. The quantitative estimate of drug-likeness (QED) is 0.849. The van der Waals surface area contributed by atoms with Crippen LogP contribution >= 0.6 is 0 Å². The van der Waals surface area contributed by atoms with E-state index in [2.05, 4.69) is 16.5 Å². The lowest BCUT2D eigenvalue weighted by molar-refractivity contribution is 0.188. The highest BCUT2D eigenvalue weighted by Crippen LogP contribution is 2.49. The first-order valence-electron chi connectivity index (χ1n) is 7.02. The summed E-state index contributed by atoms with van der Waals surface area (Å²) in [7, 11) is 1.97. The molecule has 94 valence electrons. The molecule has 0 atom stereocenters. The fourth-order valence-electron chi connectivity index (χ4n) is 3.70. The third-order valence-electron chi connectivity index (χ3n) is 4.78. The second-order valence-corrected chi connectivity index (χ2v) is 6.00. The molecule has 3 rings (SSSR count). The van der Waals surface area contributed by atoms with Crippen molar-refractivity contribution in [2.75, 3.05) is 5.32 Å². The summed E-state index contributed by atoms with van der Waals surface area (Å²) in [4.78, 5) is 0. The zero-order valence-corrected chi connectivity index (χ0v) is 10.8. The van der Waals surface area contributed by atoms with E-state index in [1.807, 2.05) is 17.9 Å². The number of aryl methyl sites for hydroxylation is 1. The molecule has 3 nitrogen and oxygen atoms in total. The van der Waals surface area contributed by atoms with Gasteiger partial charge < -0.3 is 5.32 Å². The molecular formula is C14H23N3. The SMILES string of the molecule is Cn1ccc(NC2CCC3(CCCC3)CC2)n1. The monoisotopic (exact) mass is 233 g/mol. The highest BCUT2D eigenvalue weighted by molar-refractivity contribution is 5.33. The highest BCUT2D eigenvalue weighted by atomic mass is 15.3. The minimum Gasteiger partial charge on any atom is -0.366 e. The van der Waals surface area contributed by atoms with Crippen molar-refractivity contribution in [3.63, 3.8) is 0 Å². The van der Waals surface area contributed by atoms with Crippen molar-refractivity contribution < 1.29 is 0 Å². The number of nitrogens with zero attached hydrogens (tertiary/aromatic N) is 2. The average Bonchev–Trinajstić information content (AvgIpc) is 2.93. The van der Waals surface area contributed by atoms with Gasteiger partial charge in [-0.1, -0.05) is 12.8 Å². The van der Waals surface area contributed by atoms with Crippen molar-refractivity contribution in [1.82, 2.24) is 9.78 Å². The van der Waals surface area contributed by atoms with Gasteiger partial charge in [0.05, 0.1) is 0 Å². The molecule has 1 heterocycles. The van der Waals surface area contributed by atoms with E-state index in [9.17, 15) is 0 Å². The molecule has 3 heteroatoms. The normalized spacial score (nSPS) is 24.3. The van der Waals surface area contributed by atoms with Gasteiger partial charge in [-0.15, -0.1) is 0 Å². The third-order valence-corrected chi connectivity index (χ3v) is 4.78. The molecule has 1 aromatic rings. The molecule has 1 N–H and O–H groups in total. The van der Waals surface area contributed by atoms with Crippen LogP contribution in [0.2, 0.25) is 0 Å². The zero-order valence-electron chi connectivity index (χ0n) is 10.8. The summed E-state index contributed by atoms with van der Waals surface area (Å²) < 4.78 is 1.86. The van der Waals surface area contributed by atoms with Gasteiger partial charge in [-0.2, -0.15) is 5.10 Å². The van der Waals surface area contributed by atoms with E-state index in [-0.39, 0.29) is 0 Å². The predicted molar refractivity (Wildman–Crippen MR) is 70.0 cm³/mol. The van der Waals surface area contributed by atoms with Crippen LogP contribution in [0.5, 0.6) is 0 Å². The first-order chi connectivity index (χ1) is 8.26. The van der Waals surface area contributed by atoms with Gasteiger partial charge in [0.25, 0.3) is 0 Å². The molecule has 0 amide bonds. The first kappa shape index (κ1) is 11.1. The number of hydrogen-bond acceptors (Lipinski definition) is 2. The Morgan fingerprint density at radius 1 is 1.24 bits per heavy atom. The summed E-state index contributed by atoms with van der Waals surface area (Å²) in [6.07, 6.45) is 13.4. The Balaban J connectivity index is 1.54.